The van der Waals surface area contributed by atoms with Gasteiger partial charge in [0.1, 0.15) is 5.02 Å². The number of carbonyl (C=O) groups is 1. The van der Waals surface area contributed by atoms with E-state index in [0.29, 0.717) is 36.0 Å². The van der Waals surface area contributed by atoms with Crippen LogP contribution in [0.2, 0.25) is 5.02 Å². The minimum atomic E-state index is -4.71. The van der Waals surface area contributed by atoms with Gasteiger partial charge in [0.2, 0.25) is 6.79 Å². The number of alkyl halides is 3. The molecule has 0 N–H and O–H groups in total. The van der Waals surface area contributed by atoms with Gasteiger partial charge in [0.15, 0.2) is 23.0 Å². The number of fused-ring (bicyclic) bond motifs is 1. The first-order chi connectivity index (χ1) is 16.7. The fraction of sp³-hybridized carbons (Fsp3) is 0.333. The van der Waals surface area contributed by atoms with Crippen LogP contribution in [-0.4, -0.2) is 42.6 Å². The molecule has 5 rings (SSSR count). The lowest BCUT2D eigenvalue weighted by Gasteiger charge is -2.29. The van der Waals surface area contributed by atoms with Crippen LogP contribution in [0.3, 0.4) is 0 Å². The SMILES string of the molecule is CN(C(=O)c1cccc(-n2nc(C(F)(F)F)c(Cl)c2N2CCCCC2)c1)c1ccc2c(c1)OCO2. The molecule has 1 saturated heterocycles. The van der Waals surface area contributed by atoms with Gasteiger partial charge in [-0.1, -0.05) is 17.7 Å². The van der Waals surface area contributed by atoms with E-state index in [1.165, 1.54) is 15.6 Å². The summed E-state index contributed by atoms with van der Waals surface area (Å²) >= 11 is 6.23. The van der Waals surface area contributed by atoms with Crippen molar-refractivity contribution in [2.75, 3.05) is 36.7 Å². The molecule has 3 aromatic rings. The normalized spacial score (nSPS) is 15.4. The quantitative estimate of drug-likeness (QED) is 0.465. The van der Waals surface area contributed by atoms with Crippen LogP contribution >= 0.6 is 11.6 Å². The Balaban J connectivity index is 1.51. The molecule has 0 spiro atoms. The molecule has 1 aromatic heterocycles. The van der Waals surface area contributed by atoms with Crippen molar-refractivity contribution < 1.29 is 27.4 Å². The zero-order valence-corrected chi connectivity index (χ0v) is 19.6. The van der Waals surface area contributed by atoms with Gasteiger partial charge in [0, 0.05) is 37.5 Å². The minimum absolute atomic E-state index is 0.115. The van der Waals surface area contributed by atoms with E-state index in [4.69, 9.17) is 21.1 Å². The van der Waals surface area contributed by atoms with Crippen molar-refractivity contribution in [2.24, 2.45) is 0 Å². The molecule has 0 bridgehead atoms. The number of nitrogens with zero attached hydrogens (tertiary/aromatic N) is 4. The van der Waals surface area contributed by atoms with E-state index in [1.54, 1.807) is 43.4 Å². The fourth-order valence-corrected chi connectivity index (χ4v) is 4.65. The Bertz CT molecular complexity index is 1270. The molecule has 35 heavy (non-hydrogen) atoms. The summed E-state index contributed by atoms with van der Waals surface area (Å²) in [6.07, 6.45) is -2.01. The van der Waals surface area contributed by atoms with E-state index < -0.39 is 16.9 Å². The lowest BCUT2D eigenvalue weighted by atomic mass is 10.1. The molecule has 11 heteroatoms. The van der Waals surface area contributed by atoms with Gasteiger partial charge in [0.05, 0.1) is 5.69 Å². The summed E-state index contributed by atoms with van der Waals surface area (Å²) in [5.41, 5.74) is 0.0365. The minimum Gasteiger partial charge on any atom is -0.454 e. The van der Waals surface area contributed by atoms with E-state index in [9.17, 15) is 18.0 Å². The molecule has 7 nitrogen and oxygen atoms in total. The maximum atomic E-state index is 13.7. The Morgan fingerprint density at radius 2 is 1.80 bits per heavy atom. The number of aromatic nitrogens is 2. The number of piperidine rings is 1. The van der Waals surface area contributed by atoms with Crippen LogP contribution in [0.1, 0.15) is 35.3 Å². The number of hydrogen-bond acceptors (Lipinski definition) is 5. The molecule has 1 fully saturated rings. The summed E-state index contributed by atoms with van der Waals surface area (Å²) in [7, 11) is 1.61. The van der Waals surface area contributed by atoms with Crippen molar-refractivity contribution in [1.29, 1.82) is 0 Å². The first-order valence-electron chi connectivity index (χ1n) is 11.1. The Kier molecular flexibility index (Phi) is 6.00. The Morgan fingerprint density at radius 3 is 2.54 bits per heavy atom. The standard InChI is InChI=1S/C24H22ClF3N4O3/c1-30(16-8-9-18-19(13-16)35-14-34-18)23(33)15-6-5-7-17(12-15)32-22(31-10-3-2-4-11-31)20(25)21(29-32)24(26,27)28/h5-9,12-13H,2-4,10-11,14H2,1H3. The molecule has 0 saturated carbocycles. The van der Waals surface area contributed by atoms with Crippen LogP contribution in [0.15, 0.2) is 42.5 Å². The summed E-state index contributed by atoms with van der Waals surface area (Å²) in [5, 5.41) is 3.40. The molecule has 0 unspecified atom stereocenters. The van der Waals surface area contributed by atoms with Crippen LogP contribution in [0.25, 0.3) is 5.69 Å². The molecule has 2 aromatic carbocycles. The van der Waals surface area contributed by atoms with E-state index in [2.05, 4.69) is 5.10 Å². The van der Waals surface area contributed by atoms with E-state index in [1.807, 2.05) is 4.90 Å². The Hall–Kier alpha value is -3.40. The number of benzene rings is 2. The van der Waals surface area contributed by atoms with Crippen LogP contribution in [0.5, 0.6) is 11.5 Å². The highest BCUT2D eigenvalue weighted by atomic mass is 35.5. The molecule has 0 atom stereocenters. The monoisotopic (exact) mass is 506 g/mol. The number of amides is 1. The van der Waals surface area contributed by atoms with E-state index in [-0.39, 0.29) is 24.1 Å². The maximum Gasteiger partial charge on any atom is 0.436 e. The van der Waals surface area contributed by atoms with Gasteiger partial charge in [-0.3, -0.25) is 4.79 Å². The van der Waals surface area contributed by atoms with Crippen molar-refractivity contribution in [3.05, 3.63) is 58.7 Å². The van der Waals surface area contributed by atoms with Gasteiger partial charge in [0.25, 0.3) is 5.91 Å². The second-order valence-corrected chi connectivity index (χ2v) is 8.77. The number of anilines is 2. The number of rotatable bonds is 4. The van der Waals surface area contributed by atoms with Crippen LogP contribution < -0.4 is 19.3 Å². The molecule has 0 radical (unpaired) electrons. The molecule has 2 aliphatic rings. The second-order valence-electron chi connectivity index (χ2n) is 8.40. The van der Waals surface area contributed by atoms with Crippen LogP contribution in [-0.2, 0) is 6.18 Å². The van der Waals surface area contributed by atoms with Crippen molar-refractivity contribution >= 4 is 29.0 Å². The summed E-state index contributed by atoms with van der Waals surface area (Å²) < 4.78 is 52.9. The third-order valence-corrected chi connectivity index (χ3v) is 6.46. The third-order valence-electron chi connectivity index (χ3n) is 6.11. The van der Waals surface area contributed by atoms with Crippen molar-refractivity contribution in [1.82, 2.24) is 9.78 Å². The highest BCUT2D eigenvalue weighted by Gasteiger charge is 2.40. The van der Waals surface area contributed by atoms with Gasteiger partial charge in [-0.15, -0.1) is 0 Å². The molecular formula is C24H22ClF3N4O3. The van der Waals surface area contributed by atoms with Crippen molar-refractivity contribution in [3.63, 3.8) is 0 Å². The van der Waals surface area contributed by atoms with Gasteiger partial charge in [-0.05, 0) is 49.6 Å². The molecule has 2 aliphatic heterocycles. The molecular weight excluding hydrogens is 485 g/mol. The summed E-state index contributed by atoms with van der Waals surface area (Å²) in [6, 6.07) is 11.5. The Labute approximate surface area is 204 Å². The largest absolute Gasteiger partial charge is 0.454 e. The molecule has 1 amide bonds. The summed E-state index contributed by atoms with van der Waals surface area (Å²) in [5.74, 6) is 0.970. The van der Waals surface area contributed by atoms with E-state index in [0.717, 1.165) is 19.3 Å². The highest BCUT2D eigenvalue weighted by molar-refractivity contribution is 6.33. The predicted octanol–water partition coefficient (Wildman–Crippen LogP) is 5.54. The molecule has 0 aliphatic carbocycles. The topological polar surface area (TPSA) is 59.8 Å². The fourth-order valence-electron chi connectivity index (χ4n) is 4.31. The summed E-state index contributed by atoms with van der Waals surface area (Å²) in [6.45, 7) is 1.27. The zero-order chi connectivity index (χ0) is 24.7. The van der Waals surface area contributed by atoms with E-state index >= 15 is 0 Å². The van der Waals surface area contributed by atoms with Gasteiger partial charge in [-0.25, -0.2) is 4.68 Å². The smallest absolute Gasteiger partial charge is 0.436 e. The lowest BCUT2D eigenvalue weighted by molar-refractivity contribution is -0.141. The second kappa shape index (κ2) is 8.99. The number of ether oxygens (including phenoxy) is 2. The number of hydrogen-bond donors (Lipinski definition) is 0. The molecule has 184 valence electrons. The average molecular weight is 507 g/mol. The van der Waals surface area contributed by atoms with Gasteiger partial charge in [-0.2, -0.15) is 18.3 Å². The van der Waals surface area contributed by atoms with Crippen LogP contribution in [0.4, 0.5) is 24.7 Å². The van der Waals surface area contributed by atoms with Crippen LogP contribution in [0, 0.1) is 0 Å². The van der Waals surface area contributed by atoms with Crippen molar-refractivity contribution in [3.8, 4) is 17.2 Å². The zero-order valence-electron chi connectivity index (χ0n) is 18.8. The van der Waals surface area contributed by atoms with Gasteiger partial charge < -0.3 is 19.3 Å². The molecule has 3 heterocycles. The summed E-state index contributed by atoms with van der Waals surface area (Å²) in [4.78, 5) is 16.5. The number of carbonyl (C=O) groups excluding carboxylic acids is 1. The first-order valence-corrected chi connectivity index (χ1v) is 11.5. The van der Waals surface area contributed by atoms with Crippen molar-refractivity contribution in [2.45, 2.75) is 25.4 Å². The van der Waals surface area contributed by atoms with Gasteiger partial charge >= 0.3 is 6.18 Å². The third kappa shape index (κ3) is 4.38. The average Bonchev–Trinajstić information content (AvgIpc) is 3.47. The predicted molar refractivity (Wildman–Crippen MR) is 125 cm³/mol. The first kappa shape index (κ1) is 23.3. The lowest BCUT2D eigenvalue weighted by Crippen LogP contribution is -2.31. The number of halogens is 4. The maximum absolute atomic E-state index is 13.7. The Morgan fingerprint density at radius 1 is 1.06 bits per heavy atom. The highest BCUT2D eigenvalue weighted by Crippen LogP contribution is 2.41.